The van der Waals surface area contributed by atoms with Gasteiger partial charge in [-0.05, 0) is 53.1 Å². The summed E-state index contributed by atoms with van der Waals surface area (Å²) in [5, 5.41) is 10.0. The Kier molecular flexibility index (Phi) is 7.07. The average Bonchev–Trinajstić information content (AvgIpc) is 3.32. The molecule has 0 N–H and O–H groups in total. The lowest BCUT2D eigenvalue weighted by Gasteiger charge is -2.06. The molecule has 0 aliphatic carbocycles. The third-order valence-electron chi connectivity index (χ3n) is 5.63. The Morgan fingerprint density at radius 1 is 0.806 bits per heavy atom. The van der Waals surface area contributed by atoms with E-state index in [1.54, 1.807) is 6.21 Å². The van der Waals surface area contributed by atoms with E-state index in [0.717, 1.165) is 38.0 Å². The number of benzene rings is 4. The van der Waals surface area contributed by atoms with Crippen molar-refractivity contribution in [2.75, 3.05) is 0 Å². The van der Waals surface area contributed by atoms with Gasteiger partial charge in [0, 0.05) is 21.8 Å². The van der Waals surface area contributed by atoms with Crippen LogP contribution in [-0.4, -0.2) is 6.21 Å². The lowest BCUT2D eigenvalue weighted by Crippen LogP contribution is -1.95. The van der Waals surface area contributed by atoms with Crippen molar-refractivity contribution >= 4 is 28.0 Å². The summed E-state index contributed by atoms with van der Waals surface area (Å²) in [6.45, 7) is 0.489. The van der Waals surface area contributed by atoms with Crippen molar-refractivity contribution in [3.63, 3.8) is 0 Å². The minimum Gasteiger partial charge on any atom is -0.489 e. The highest BCUT2D eigenvalue weighted by Gasteiger charge is 2.22. The molecule has 1 heterocycles. The van der Waals surface area contributed by atoms with Gasteiger partial charge in [-0.3, -0.25) is 0 Å². The first-order valence-electron chi connectivity index (χ1n) is 11.4. The molecule has 4 nitrogen and oxygen atoms in total. The monoisotopic (exact) mass is 532 g/mol. The molecule has 0 aliphatic rings. The topological polar surface area (TPSA) is 58.5 Å². The molecular weight excluding hydrogens is 512 g/mol. The van der Waals surface area contributed by atoms with E-state index >= 15 is 0 Å². The lowest BCUT2D eigenvalue weighted by atomic mass is 9.98. The predicted molar refractivity (Wildman–Crippen MR) is 146 cm³/mol. The first-order valence-corrected chi connectivity index (χ1v) is 12.2. The van der Waals surface area contributed by atoms with Crippen molar-refractivity contribution in [2.24, 2.45) is 4.99 Å². The van der Waals surface area contributed by atoms with Crippen LogP contribution in [0.3, 0.4) is 0 Å². The lowest BCUT2D eigenvalue weighted by molar-refractivity contribution is 0.306. The number of rotatable bonds is 7. The second-order valence-electron chi connectivity index (χ2n) is 8.07. The number of nitriles is 1. The van der Waals surface area contributed by atoms with Gasteiger partial charge in [-0.15, -0.1) is 0 Å². The molecule has 0 amide bonds. The standard InChI is InChI=1S/C31H21BrN2O2/c32-26-15-11-23(12-16-26)21-35-27-17-13-22(14-18-27)20-34-31-28(19-33)29(24-7-3-1-4-8-24)30(36-31)25-9-5-2-6-10-25/h1-18,20H,21H2. The summed E-state index contributed by atoms with van der Waals surface area (Å²) in [7, 11) is 0. The SMILES string of the molecule is N#Cc1c(N=Cc2ccc(OCc3ccc(Br)cc3)cc2)oc(-c2ccccc2)c1-c1ccccc1. The predicted octanol–water partition coefficient (Wildman–Crippen LogP) is 8.58. The maximum Gasteiger partial charge on any atom is 0.238 e. The normalized spacial score (nSPS) is 10.9. The molecule has 0 unspecified atom stereocenters. The third kappa shape index (κ3) is 5.30. The van der Waals surface area contributed by atoms with E-state index in [1.165, 1.54) is 0 Å². The Morgan fingerprint density at radius 2 is 1.44 bits per heavy atom. The van der Waals surface area contributed by atoms with Crippen molar-refractivity contribution in [1.82, 2.24) is 0 Å². The summed E-state index contributed by atoms with van der Waals surface area (Å²) in [5.74, 6) is 1.68. The van der Waals surface area contributed by atoms with Crippen LogP contribution in [0, 0.1) is 11.3 Å². The van der Waals surface area contributed by atoms with Crippen molar-refractivity contribution < 1.29 is 9.15 Å². The van der Waals surface area contributed by atoms with Crippen LogP contribution in [-0.2, 0) is 6.61 Å². The van der Waals surface area contributed by atoms with Crippen LogP contribution >= 0.6 is 15.9 Å². The van der Waals surface area contributed by atoms with E-state index in [1.807, 2.05) is 109 Å². The van der Waals surface area contributed by atoms with Crippen molar-refractivity contribution in [2.45, 2.75) is 6.61 Å². The molecule has 4 aromatic carbocycles. The van der Waals surface area contributed by atoms with E-state index < -0.39 is 0 Å². The van der Waals surface area contributed by atoms with Crippen LogP contribution in [0.5, 0.6) is 5.75 Å². The molecular formula is C31H21BrN2O2. The molecule has 5 heteroatoms. The second kappa shape index (κ2) is 10.9. The maximum absolute atomic E-state index is 10.0. The Hall–Kier alpha value is -4.40. The second-order valence-corrected chi connectivity index (χ2v) is 8.99. The summed E-state index contributed by atoms with van der Waals surface area (Å²) in [4.78, 5) is 4.55. The van der Waals surface area contributed by atoms with Gasteiger partial charge in [0.15, 0.2) is 0 Å². The van der Waals surface area contributed by atoms with Gasteiger partial charge in [0.05, 0.1) is 0 Å². The Bertz CT molecular complexity index is 1520. The number of aliphatic imine (C=N–C) groups is 1. The highest BCUT2D eigenvalue weighted by molar-refractivity contribution is 9.10. The summed E-state index contributed by atoms with van der Waals surface area (Å²) in [6, 6.07) is 37.5. The molecule has 0 aliphatic heterocycles. The van der Waals surface area contributed by atoms with E-state index in [2.05, 4.69) is 27.0 Å². The zero-order chi connectivity index (χ0) is 24.7. The average molecular weight is 533 g/mol. The molecule has 0 saturated carbocycles. The van der Waals surface area contributed by atoms with Gasteiger partial charge in [-0.25, -0.2) is 4.99 Å². The molecule has 174 valence electrons. The van der Waals surface area contributed by atoms with Crippen LogP contribution in [0.2, 0.25) is 0 Å². The van der Waals surface area contributed by atoms with E-state index in [0.29, 0.717) is 17.9 Å². The van der Waals surface area contributed by atoms with Crippen molar-refractivity contribution in [1.29, 1.82) is 5.26 Å². The van der Waals surface area contributed by atoms with Gasteiger partial charge < -0.3 is 9.15 Å². The van der Waals surface area contributed by atoms with Crippen LogP contribution in [0.1, 0.15) is 16.7 Å². The summed E-state index contributed by atoms with van der Waals surface area (Å²) in [6.07, 6.45) is 1.70. The van der Waals surface area contributed by atoms with Gasteiger partial charge in [0.1, 0.15) is 29.7 Å². The first-order chi connectivity index (χ1) is 17.7. The molecule has 0 fully saturated rings. The van der Waals surface area contributed by atoms with Gasteiger partial charge in [-0.1, -0.05) is 88.7 Å². The zero-order valence-corrected chi connectivity index (χ0v) is 20.9. The zero-order valence-electron chi connectivity index (χ0n) is 19.3. The van der Waals surface area contributed by atoms with Gasteiger partial charge >= 0.3 is 0 Å². The van der Waals surface area contributed by atoms with Crippen LogP contribution < -0.4 is 4.74 Å². The highest BCUT2D eigenvalue weighted by atomic mass is 79.9. The Labute approximate surface area is 218 Å². The van der Waals surface area contributed by atoms with Crippen LogP contribution in [0.4, 0.5) is 5.88 Å². The van der Waals surface area contributed by atoms with Crippen LogP contribution in [0.25, 0.3) is 22.5 Å². The molecule has 0 atom stereocenters. The molecule has 5 aromatic rings. The molecule has 5 rings (SSSR count). The van der Waals surface area contributed by atoms with Crippen molar-refractivity contribution in [3.05, 3.63) is 130 Å². The molecule has 36 heavy (non-hydrogen) atoms. The van der Waals surface area contributed by atoms with Crippen molar-refractivity contribution in [3.8, 4) is 34.3 Å². The molecule has 1 aromatic heterocycles. The Balaban J connectivity index is 1.40. The first kappa shape index (κ1) is 23.3. The van der Waals surface area contributed by atoms with E-state index in [9.17, 15) is 5.26 Å². The minimum absolute atomic E-state index is 0.283. The number of ether oxygens (including phenoxy) is 1. The smallest absolute Gasteiger partial charge is 0.238 e. The summed E-state index contributed by atoms with van der Waals surface area (Å²) >= 11 is 3.44. The maximum atomic E-state index is 10.0. The largest absolute Gasteiger partial charge is 0.489 e. The Morgan fingerprint density at radius 3 is 2.08 bits per heavy atom. The number of hydrogen-bond donors (Lipinski definition) is 0. The summed E-state index contributed by atoms with van der Waals surface area (Å²) in [5.41, 5.74) is 4.91. The highest BCUT2D eigenvalue weighted by Crippen LogP contribution is 2.42. The van der Waals surface area contributed by atoms with Crippen LogP contribution in [0.15, 0.2) is 123 Å². The number of nitrogens with zero attached hydrogens (tertiary/aromatic N) is 2. The number of hydrogen-bond acceptors (Lipinski definition) is 4. The minimum atomic E-state index is 0.283. The fraction of sp³-hybridized carbons (Fsp3) is 0.0323. The molecule has 0 spiro atoms. The number of furan rings is 1. The summed E-state index contributed by atoms with van der Waals surface area (Å²) < 4.78 is 13.1. The van der Waals surface area contributed by atoms with Gasteiger partial charge in [0.25, 0.3) is 0 Å². The number of halogens is 1. The fourth-order valence-corrected chi connectivity index (χ4v) is 4.08. The molecule has 0 saturated heterocycles. The third-order valence-corrected chi connectivity index (χ3v) is 6.16. The van der Waals surface area contributed by atoms with E-state index in [-0.39, 0.29) is 5.88 Å². The molecule has 0 radical (unpaired) electrons. The van der Waals surface area contributed by atoms with Gasteiger partial charge in [0.2, 0.25) is 5.88 Å². The van der Waals surface area contributed by atoms with Gasteiger partial charge in [-0.2, -0.15) is 5.26 Å². The fourth-order valence-electron chi connectivity index (χ4n) is 3.82. The molecule has 0 bridgehead atoms. The van der Waals surface area contributed by atoms with E-state index in [4.69, 9.17) is 9.15 Å². The quantitative estimate of drug-likeness (QED) is 0.197.